The van der Waals surface area contributed by atoms with Crippen LogP contribution in [0.4, 0.5) is 0 Å². The Bertz CT molecular complexity index is 528. The van der Waals surface area contributed by atoms with Gasteiger partial charge in [0.15, 0.2) is 0 Å². The Labute approximate surface area is 107 Å². The number of aliphatic hydroxyl groups excluding tert-OH is 1. The Hall–Kier alpha value is -1.74. The number of hydrogen-bond acceptors (Lipinski definition) is 3. The summed E-state index contributed by atoms with van der Waals surface area (Å²) in [5.41, 5.74) is 3.10. The zero-order valence-corrected chi connectivity index (χ0v) is 10.9. The van der Waals surface area contributed by atoms with E-state index in [4.69, 9.17) is 9.15 Å². The summed E-state index contributed by atoms with van der Waals surface area (Å²) >= 11 is 0. The third-order valence-corrected chi connectivity index (χ3v) is 3.05. The summed E-state index contributed by atoms with van der Waals surface area (Å²) in [6, 6.07) is 7.80. The van der Waals surface area contributed by atoms with Crippen molar-refractivity contribution in [3.63, 3.8) is 0 Å². The molecule has 0 amide bonds. The van der Waals surface area contributed by atoms with E-state index in [9.17, 15) is 5.11 Å². The van der Waals surface area contributed by atoms with Crippen LogP contribution in [-0.4, -0.2) is 12.2 Å². The van der Waals surface area contributed by atoms with E-state index < -0.39 is 6.10 Å². The first-order valence-electron chi connectivity index (χ1n) is 5.97. The minimum atomic E-state index is -0.643. The number of benzene rings is 1. The van der Waals surface area contributed by atoms with Crippen molar-refractivity contribution in [1.29, 1.82) is 0 Å². The summed E-state index contributed by atoms with van der Waals surface area (Å²) in [4.78, 5) is 0. The third-order valence-electron chi connectivity index (χ3n) is 3.05. The molecule has 0 fully saturated rings. The van der Waals surface area contributed by atoms with Gasteiger partial charge in [0.05, 0.1) is 13.4 Å². The van der Waals surface area contributed by atoms with Crippen LogP contribution in [0.2, 0.25) is 0 Å². The predicted molar refractivity (Wildman–Crippen MR) is 69.8 cm³/mol. The fraction of sp³-hybridized carbons (Fsp3) is 0.333. The third kappa shape index (κ3) is 2.57. The second kappa shape index (κ2) is 5.27. The maximum atomic E-state index is 10.2. The Morgan fingerprint density at radius 2 is 2.06 bits per heavy atom. The lowest BCUT2D eigenvalue weighted by molar-refractivity contribution is 0.148. The molecule has 1 unspecified atom stereocenters. The standard InChI is InChI=1S/C15H18O3/c1-10-4-5-14(17-3)12(8-10)9-13(16)15-11(2)6-7-18-15/h4-8,13,16H,9H2,1-3H3. The molecular formula is C15H18O3. The second-order valence-electron chi connectivity index (χ2n) is 4.50. The van der Waals surface area contributed by atoms with Crippen LogP contribution >= 0.6 is 0 Å². The molecule has 0 radical (unpaired) electrons. The molecule has 96 valence electrons. The zero-order chi connectivity index (χ0) is 13.1. The molecule has 3 heteroatoms. The first-order valence-corrected chi connectivity index (χ1v) is 5.97. The minimum Gasteiger partial charge on any atom is -0.496 e. The monoisotopic (exact) mass is 246 g/mol. The molecule has 0 spiro atoms. The van der Waals surface area contributed by atoms with E-state index in [0.29, 0.717) is 12.2 Å². The van der Waals surface area contributed by atoms with E-state index in [1.165, 1.54) is 0 Å². The number of furan rings is 1. The van der Waals surface area contributed by atoms with Gasteiger partial charge in [-0.1, -0.05) is 17.7 Å². The molecule has 1 N–H and O–H groups in total. The maximum absolute atomic E-state index is 10.2. The molecule has 0 saturated carbocycles. The molecule has 0 aliphatic carbocycles. The van der Waals surface area contributed by atoms with Gasteiger partial charge < -0.3 is 14.3 Å². The normalized spacial score (nSPS) is 12.4. The largest absolute Gasteiger partial charge is 0.496 e. The van der Waals surface area contributed by atoms with Crippen molar-refractivity contribution in [2.24, 2.45) is 0 Å². The van der Waals surface area contributed by atoms with Crippen molar-refractivity contribution in [2.75, 3.05) is 7.11 Å². The van der Waals surface area contributed by atoms with Gasteiger partial charge in [0.25, 0.3) is 0 Å². The van der Waals surface area contributed by atoms with Crippen molar-refractivity contribution < 1.29 is 14.3 Å². The first-order chi connectivity index (χ1) is 8.61. The van der Waals surface area contributed by atoms with E-state index in [0.717, 1.165) is 22.4 Å². The van der Waals surface area contributed by atoms with Gasteiger partial charge in [-0.25, -0.2) is 0 Å². The summed E-state index contributed by atoms with van der Waals surface area (Å²) in [7, 11) is 1.64. The molecular weight excluding hydrogens is 228 g/mol. The molecule has 1 aromatic carbocycles. The lowest BCUT2D eigenvalue weighted by atomic mass is 10.0. The van der Waals surface area contributed by atoms with E-state index in [1.807, 2.05) is 38.1 Å². The van der Waals surface area contributed by atoms with Gasteiger partial charge in [-0.05, 0) is 37.1 Å². The molecule has 0 aliphatic heterocycles. The zero-order valence-electron chi connectivity index (χ0n) is 10.9. The van der Waals surface area contributed by atoms with E-state index >= 15 is 0 Å². The Balaban J connectivity index is 2.23. The molecule has 1 aromatic heterocycles. The number of methoxy groups -OCH3 is 1. The molecule has 1 atom stereocenters. The Kier molecular flexibility index (Phi) is 3.72. The minimum absolute atomic E-state index is 0.485. The first kappa shape index (κ1) is 12.7. The van der Waals surface area contributed by atoms with Crippen LogP contribution in [0.5, 0.6) is 5.75 Å². The SMILES string of the molecule is COc1ccc(C)cc1CC(O)c1occc1C. The lowest BCUT2D eigenvalue weighted by Gasteiger charge is -2.13. The summed E-state index contributed by atoms with van der Waals surface area (Å²) < 4.78 is 10.6. The lowest BCUT2D eigenvalue weighted by Crippen LogP contribution is -2.04. The molecule has 2 rings (SSSR count). The van der Waals surface area contributed by atoms with Gasteiger partial charge in [0, 0.05) is 6.42 Å². The second-order valence-corrected chi connectivity index (χ2v) is 4.50. The summed E-state index contributed by atoms with van der Waals surface area (Å²) in [5, 5.41) is 10.2. The van der Waals surface area contributed by atoms with E-state index in [2.05, 4.69) is 0 Å². The van der Waals surface area contributed by atoms with Crippen LogP contribution in [-0.2, 0) is 6.42 Å². The molecule has 1 heterocycles. The topological polar surface area (TPSA) is 42.6 Å². The molecule has 2 aromatic rings. The molecule has 0 saturated heterocycles. The van der Waals surface area contributed by atoms with Crippen molar-refractivity contribution in [2.45, 2.75) is 26.4 Å². The molecule has 18 heavy (non-hydrogen) atoms. The highest BCUT2D eigenvalue weighted by Crippen LogP contribution is 2.27. The highest BCUT2D eigenvalue weighted by molar-refractivity contribution is 5.38. The number of aliphatic hydroxyl groups is 1. The Morgan fingerprint density at radius 3 is 2.67 bits per heavy atom. The number of aryl methyl sites for hydroxylation is 2. The fourth-order valence-corrected chi connectivity index (χ4v) is 2.09. The molecule has 0 bridgehead atoms. The van der Waals surface area contributed by atoms with Crippen molar-refractivity contribution in [3.8, 4) is 5.75 Å². The number of hydrogen-bond donors (Lipinski definition) is 1. The van der Waals surface area contributed by atoms with Crippen LogP contribution in [0.1, 0.15) is 28.6 Å². The fourth-order valence-electron chi connectivity index (χ4n) is 2.09. The number of rotatable bonds is 4. The summed E-state index contributed by atoms with van der Waals surface area (Å²) in [6.07, 6.45) is 1.44. The van der Waals surface area contributed by atoms with Crippen molar-refractivity contribution >= 4 is 0 Å². The highest BCUT2D eigenvalue weighted by atomic mass is 16.5. The van der Waals surface area contributed by atoms with Gasteiger partial charge in [-0.2, -0.15) is 0 Å². The van der Waals surface area contributed by atoms with Crippen molar-refractivity contribution in [1.82, 2.24) is 0 Å². The van der Waals surface area contributed by atoms with Crippen molar-refractivity contribution in [3.05, 3.63) is 53.0 Å². The summed E-state index contributed by atoms with van der Waals surface area (Å²) in [6.45, 7) is 3.95. The molecule has 3 nitrogen and oxygen atoms in total. The van der Waals surface area contributed by atoms with Crippen LogP contribution in [0.25, 0.3) is 0 Å². The van der Waals surface area contributed by atoms with Crippen LogP contribution in [0.3, 0.4) is 0 Å². The van der Waals surface area contributed by atoms with Crippen LogP contribution in [0.15, 0.2) is 34.9 Å². The van der Waals surface area contributed by atoms with Gasteiger partial charge in [0.1, 0.15) is 17.6 Å². The van der Waals surface area contributed by atoms with Gasteiger partial charge in [0.2, 0.25) is 0 Å². The van der Waals surface area contributed by atoms with Crippen LogP contribution < -0.4 is 4.74 Å². The average Bonchev–Trinajstić information content (AvgIpc) is 2.76. The Morgan fingerprint density at radius 1 is 1.28 bits per heavy atom. The smallest absolute Gasteiger partial charge is 0.135 e. The summed E-state index contributed by atoms with van der Waals surface area (Å²) in [5.74, 6) is 1.42. The van der Waals surface area contributed by atoms with E-state index in [-0.39, 0.29) is 0 Å². The number of ether oxygens (including phenoxy) is 1. The average molecular weight is 246 g/mol. The predicted octanol–water partition coefficient (Wildman–Crippen LogP) is 3.18. The quantitative estimate of drug-likeness (QED) is 0.901. The van der Waals surface area contributed by atoms with Gasteiger partial charge in [-0.3, -0.25) is 0 Å². The highest BCUT2D eigenvalue weighted by Gasteiger charge is 2.16. The van der Waals surface area contributed by atoms with E-state index in [1.54, 1.807) is 13.4 Å². The molecule has 0 aliphatic rings. The van der Waals surface area contributed by atoms with Crippen LogP contribution in [0, 0.1) is 13.8 Å². The van der Waals surface area contributed by atoms with Gasteiger partial charge in [-0.15, -0.1) is 0 Å². The van der Waals surface area contributed by atoms with Gasteiger partial charge >= 0.3 is 0 Å². The maximum Gasteiger partial charge on any atom is 0.135 e.